The SMILES string of the molecule is CC(O)CCCNS(=O)(=O)c1cccc(OC(F)(F)F)c1. The molecule has 1 atom stereocenters. The number of aliphatic hydroxyl groups is 1. The zero-order chi connectivity index (χ0) is 16.1. The molecule has 9 heteroatoms. The highest BCUT2D eigenvalue weighted by Crippen LogP contribution is 2.24. The van der Waals surface area contributed by atoms with E-state index >= 15 is 0 Å². The molecule has 0 aliphatic heterocycles. The number of rotatable bonds is 7. The van der Waals surface area contributed by atoms with E-state index in [2.05, 4.69) is 9.46 Å². The number of sulfonamides is 1. The Morgan fingerprint density at radius 3 is 2.62 bits per heavy atom. The number of benzene rings is 1. The predicted octanol–water partition coefficient (Wildman–Crippen LogP) is 2.02. The molecule has 1 rings (SSSR count). The van der Waals surface area contributed by atoms with Gasteiger partial charge in [-0.05, 0) is 31.9 Å². The van der Waals surface area contributed by atoms with Gasteiger partial charge in [-0.25, -0.2) is 13.1 Å². The zero-order valence-corrected chi connectivity index (χ0v) is 12.0. The Morgan fingerprint density at radius 2 is 2.05 bits per heavy atom. The van der Waals surface area contributed by atoms with Crippen LogP contribution in [0.15, 0.2) is 29.2 Å². The lowest BCUT2D eigenvalue weighted by molar-refractivity contribution is -0.274. The summed E-state index contributed by atoms with van der Waals surface area (Å²) in [5.74, 6) is -0.602. The van der Waals surface area contributed by atoms with E-state index in [4.69, 9.17) is 5.11 Å². The minimum atomic E-state index is -4.88. The molecule has 1 aromatic carbocycles. The van der Waals surface area contributed by atoms with Gasteiger partial charge in [-0.2, -0.15) is 0 Å². The number of aliphatic hydroxyl groups excluding tert-OH is 1. The molecule has 21 heavy (non-hydrogen) atoms. The summed E-state index contributed by atoms with van der Waals surface area (Å²) in [6, 6.07) is 4.14. The Hall–Kier alpha value is -1.32. The van der Waals surface area contributed by atoms with E-state index in [1.807, 2.05) is 0 Å². The van der Waals surface area contributed by atoms with Crippen molar-refractivity contribution >= 4 is 10.0 Å². The maximum absolute atomic E-state index is 12.1. The van der Waals surface area contributed by atoms with E-state index in [1.54, 1.807) is 6.92 Å². The number of hydrogen-bond donors (Lipinski definition) is 2. The molecular weight excluding hydrogens is 311 g/mol. The van der Waals surface area contributed by atoms with Crippen LogP contribution in [0.1, 0.15) is 19.8 Å². The molecule has 5 nitrogen and oxygen atoms in total. The monoisotopic (exact) mass is 327 g/mol. The van der Waals surface area contributed by atoms with Crippen molar-refractivity contribution in [2.24, 2.45) is 0 Å². The Labute approximate surface area is 120 Å². The van der Waals surface area contributed by atoms with Crippen molar-refractivity contribution in [1.82, 2.24) is 4.72 Å². The molecule has 0 fully saturated rings. The number of halogens is 3. The van der Waals surface area contributed by atoms with Gasteiger partial charge in [-0.15, -0.1) is 13.2 Å². The normalized spacial score (nSPS) is 14.0. The molecule has 0 aliphatic rings. The second-order valence-electron chi connectivity index (χ2n) is 4.41. The maximum Gasteiger partial charge on any atom is 0.573 e. The lowest BCUT2D eigenvalue weighted by atomic mass is 10.2. The number of alkyl halides is 3. The summed E-state index contributed by atoms with van der Waals surface area (Å²) in [7, 11) is -3.92. The number of hydrogen-bond acceptors (Lipinski definition) is 4. The fraction of sp³-hybridized carbons (Fsp3) is 0.500. The second kappa shape index (κ2) is 7.10. The summed E-state index contributed by atoms with van der Waals surface area (Å²) in [6.07, 6.45) is -4.60. The van der Waals surface area contributed by atoms with E-state index in [0.717, 1.165) is 18.2 Å². The molecule has 2 N–H and O–H groups in total. The highest BCUT2D eigenvalue weighted by molar-refractivity contribution is 7.89. The van der Waals surface area contributed by atoms with Crippen molar-refractivity contribution in [2.75, 3.05) is 6.54 Å². The van der Waals surface area contributed by atoms with Crippen LogP contribution >= 0.6 is 0 Å². The average Bonchev–Trinajstić information content (AvgIpc) is 2.33. The van der Waals surface area contributed by atoms with Crippen LogP contribution in [0.2, 0.25) is 0 Å². The second-order valence-corrected chi connectivity index (χ2v) is 6.18. The fourth-order valence-electron chi connectivity index (χ4n) is 1.53. The van der Waals surface area contributed by atoms with Gasteiger partial charge in [0.15, 0.2) is 0 Å². The van der Waals surface area contributed by atoms with Gasteiger partial charge in [0.05, 0.1) is 11.0 Å². The van der Waals surface area contributed by atoms with Gasteiger partial charge in [0.2, 0.25) is 10.0 Å². The first-order valence-corrected chi connectivity index (χ1v) is 7.62. The Kier molecular flexibility index (Phi) is 5.99. The molecule has 0 saturated carbocycles. The van der Waals surface area contributed by atoms with E-state index < -0.39 is 28.2 Å². The van der Waals surface area contributed by atoms with Gasteiger partial charge in [0, 0.05) is 12.6 Å². The Bertz CT molecular complexity index is 558. The minimum absolute atomic E-state index is 0.0809. The van der Waals surface area contributed by atoms with Crippen LogP contribution in [0, 0.1) is 0 Å². The van der Waals surface area contributed by atoms with Crippen LogP contribution in [0.25, 0.3) is 0 Å². The molecule has 1 aromatic rings. The molecule has 0 bridgehead atoms. The molecule has 0 aliphatic carbocycles. The molecule has 0 radical (unpaired) electrons. The first-order chi connectivity index (χ1) is 9.60. The molecule has 120 valence electrons. The molecule has 0 spiro atoms. The van der Waals surface area contributed by atoms with Crippen LogP contribution in [-0.2, 0) is 10.0 Å². The van der Waals surface area contributed by atoms with Crippen molar-refractivity contribution in [3.05, 3.63) is 24.3 Å². The van der Waals surface area contributed by atoms with Crippen molar-refractivity contribution < 1.29 is 31.4 Å². The summed E-state index contributed by atoms with van der Waals surface area (Å²) < 4.78 is 65.9. The van der Waals surface area contributed by atoms with Crippen LogP contribution in [0.4, 0.5) is 13.2 Å². The summed E-state index contributed by atoms with van der Waals surface area (Å²) in [4.78, 5) is -0.318. The molecule has 0 saturated heterocycles. The van der Waals surface area contributed by atoms with Crippen molar-refractivity contribution in [3.63, 3.8) is 0 Å². The lowest BCUT2D eigenvalue weighted by Gasteiger charge is -2.11. The van der Waals surface area contributed by atoms with Crippen LogP contribution in [0.3, 0.4) is 0 Å². The third-order valence-electron chi connectivity index (χ3n) is 2.44. The summed E-state index contributed by atoms with van der Waals surface area (Å²) in [5.41, 5.74) is 0. The Morgan fingerprint density at radius 1 is 1.38 bits per heavy atom. The molecule has 1 unspecified atom stereocenters. The summed E-state index contributed by atoms with van der Waals surface area (Å²) in [6.45, 7) is 1.66. The van der Waals surface area contributed by atoms with Crippen LogP contribution in [0.5, 0.6) is 5.75 Å². The Balaban J connectivity index is 2.72. The quantitative estimate of drug-likeness (QED) is 0.751. The number of nitrogens with one attached hydrogen (secondary N) is 1. The zero-order valence-electron chi connectivity index (χ0n) is 11.2. The maximum atomic E-state index is 12.1. The van der Waals surface area contributed by atoms with Gasteiger partial charge in [0.1, 0.15) is 5.75 Å². The molecule has 0 aromatic heterocycles. The molecule has 0 amide bonds. The van der Waals surface area contributed by atoms with E-state index in [0.29, 0.717) is 12.8 Å². The van der Waals surface area contributed by atoms with Crippen LogP contribution in [-0.4, -0.2) is 32.5 Å². The van der Waals surface area contributed by atoms with E-state index in [9.17, 15) is 21.6 Å². The largest absolute Gasteiger partial charge is 0.573 e. The predicted molar refractivity (Wildman–Crippen MR) is 69.2 cm³/mol. The summed E-state index contributed by atoms with van der Waals surface area (Å²) in [5, 5.41) is 9.04. The van der Waals surface area contributed by atoms with Crippen molar-refractivity contribution in [3.8, 4) is 5.75 Å². The van der Waals surface area contributed by atoms with Gasteiger partial charge in [-0.3, -0.25) is 0 Å². The molecule has 0 heterocycles. The third-order valence-corrected chi connectivity index (χ3v) is 3.90. The minimum Gasteiger partial charge on any atom is -0.406 e. The van der Waals surface area contributed by atoms with E-state index in [-0.39, 0.29) is 11.4 Å². The van der Waals surface area contributed by atoms with Gasteiger partial charge < -0.3 is 9.84 Å². The first kappa shape index (κ1) is 17.7. The fourth-order valence-corrected chi connectivity index (χ4v) is 2.63. The smallest absolute Gasteiger partial charge is 0.406 e. The highest BCUT2D eigenvalue weighted by Gasteiger charge is 2.31. The van der Waals surface area contributed by atoms with Gasteiger partial charge in [0.25, 0.3) is 0 Å². The van der Waals surface area contributed by atoms with Crippen molar-refractivity contribution in [1.29, 1.82) is 0 Å². The average molecular weight is 327 g/mol. The topological polar surface area (TPSA) is 75.6 Å². The lowest BCUT2D eigenvalue weighted by Crippen LogP contribution is -2.25. The van der Waals surface area contributed by atoms with Crippen LogP contribution < -0.4 is 9.46 Å². The van der Waals surface area contributed by atoms with E-state index in [1.165, 1.54) is 6.07 Å². The van der Waals surface area contributed by atoms with Gasteiger partial charge >= 0.3 is 6.36 Å². The highest BCUT2D eigenvalue weighted by atomic mass is 32.2. The number of ether oxygens (including phenoxy) is 1. The summed E-state index contributed by atoms with van der Waals surface area (Å²) >= 11 is 0. The van der Waals surface area contributed by atoms with Crippen molar-refractivity contribution in [2.45, 2.75) is 37.1 Å². The first-order valence-electron chi connectivity index (χ1n) is 6.14. The standard InChI is InChI=1S/C12H16F3NO4S/c1-9(17)4-3-7-16-21(18,19)11-6-2-5-10(8-11)20-12(13,14)15/h2,5-6,8-9,16-17H,3-4,7H2,1H3. The molecular formula is C12H16F3NO4S. The third kappa shape index (κ3) is 6.78. The van der Waals surface area contributed by atoms with Gasteiger partial charge in [-0.1, -0.05) is 6.07 Å².